The topological polar surface area (TPSA) is 17.1 Å². The van der Waals surface area contributed by atoms with Crippen LogP contribution in [0.4, 0.5) is 0 Å². The van der Waals surface area contributed by atoms with Gasteiger partial charge < -0.3 is 0 Å². The first-order chi connectivity index (χ1) is 5.84. The number of allylic oxidation sites excluding steroid dienone is 2. The quantitative estimate of drug-likeness (QED) is 0.464. The lowest BCUT2D eigenvalue weighted by Gasteiger charge is -2.11. The fourth-order valence-electron chi connectivity index (χ4n) is 1.60. The van der Waals surface area contributed by atoms with Gasteiger partial charge in [0.25, 0.3) is 0 Å². The van der Waals surface area contributed by atoms with Gasteiger partial charge in [-0.15, -0.1) is 0 Å². The van der Waals surface area contributed by atoms with Gasteiger partial charge in [0.15, 0.2) is 5.78 Å². The van der Waals surface area contributed by atoms with E-state index in [4.69, 9.17) is 0 Å². The summed E-state index contributed by atoms with van der Waals surface area (Å²) in [6, 6.07) is 0. The maximum Gasteiger partial charge on any atom is 0.158 e. The van der Waals surface area contributed by atoms with Crippen LogP contribution in [-0.4, -0.2) is 5.78 Å². The predicted octanol–water partition coefficient (Wildman–Crippen LogP) is 3.25. The van der Waals surface area contributed by atoms with Crippen LogP contribution in [-0.2, 0) is 4.79 Å². The molecule has 12 heavy (non-hydrogen) atoms. The molecule has 1 rings (SSSR count). The smallest absolute Gasteiger partial charge is 0.158 e. The molecule has 0 saturated heterocycles. The molecule has 0 bridgehead atoms. The zero-order valence-electron chi connectivity index (χ0n) is 7.94. The summed E-state index contributed by atoms with van der Waals surface area (Å²) in [5, 5.41) is 0. The van der Waals surface area contributed by atoms with Gasteiger partial charge >= 0.3 is 0 Å². The van der Waals surface area contributed by atoms with Gasteiger partial charge in [0.1, 0.15) is 0 Å². The Morgan fingerprint density at radius 2 is 2.08 bits per heavy atom. The molecule has 1 nitrogen and oxygen atoms in total. The molecule has 0 amide bonds. The summed E-state index contributed by atoms with van der Waals surface area (Å²) in [4.78, 5) is 11.3. The fraction of sp³-hybridized carbons (Fsp3) is 0.727. The first kappa shape index (κ1) is 9.50. The summed E-state index contributed by atoms with van der Waals surface area (Å²) in [6.07, 6.45) is 9.82. The molecule has 0 aromatic carbocycles. The van der Waals surface area contributed by atoms with Crippen LogP contribution in [0.1, 0.15) is 51.9 Å². The second kappa shape index (κ2) is 5.13. The summed E-state index contributed by atoms with van der Waals surface area (Å²) < 4.78 is 0. The number of hydrogen-bond acceptors (Lipinski definition) is 1. The Labute approximate surface area is 74.9 Å². The third-order valence-electron chi connectivity index (χ3n) is 2.41. The van der Waals surface area contributed by atoms with Crippen molar-refractivity contribution in [3.8, 4) is 0 Å². The van der Waals surface area contributed by atoms with Crippen LogP contribution in [0, 0.1) is 0 Å². The van der Waals surface area contributed by atoms with E-state index in [9.17, 15) is 4.79 Å². The Kier molecular flexibility index (Phi) is 4.06. The molecule has 1 heteroatoms. The molecule has 1 saturated carbocycles. The van der Waals surface area contributed by atoms with Crippen molar-refractivity contribution in [2.75, 3.05) is 0 Å². The number of ketones is 1. The highest BCUT2D eigenvalue weighted by atomic mass is 16.1. The highest BCUT2D eigenvalue weighted by Crippen LogP contribution is 2.20. The van der Waals surface area contributed by atoms with Gasteiger partial charge in [-0.3, -0.25) is 4.79 Å². The largest absolute Gasteiger partial charge is 0.295 e. The van der Waals surface area contributed by atoms with E-state index < -0.39 is 0 Å². The zero-order valence-corrected chi connectivity index (χ0v) is 7.94. The number of unbranched alkanes of at least 4 members (excludes halogenated alkanes) is 2. The van der Waals surface area contributed by atoms with E-state index in [0.717, 1.165) is 31.3 Å². The fourth-order valence-corrected chi connectivity index (χ4v) is 1.60. The van der Waals surface area contributed by atoms with Crippen LogP contribution >= 0.6 is 0 Å². The normalized spacial score (nSPS) is 21.8. The van der Waals surface area contributed by atoms with Crippen molar-refractivity contribution >= 4 is 5.78 Å². The SMILES string of the molecule is CCCC/C=C1/CCCCC1=O. The van der Waals surface area contributed by atoms with Crippen LogP contribution in [0.2, 0.25) is 0 Å². The maximum atomic E-state index is 11.3. The lowest BCUT2D eigenvalue weighted by Crippen LogP contribution is -2.08. The number of hydrogen-bond donors (Lipinski definition) is 0. The molecule has 0 aromatic rings. The summed E-state index contributed by atoms with van der Waals surface area (Å²) in [6.45, 7) is 2.18. The van der Waals surface area contributed by atoms with Crippen LogP contribution in [0.5, 0.6) is 0 Å². The van der Waals surface area contributed by atoms with Crippen LogP contribution in [0.15, 0.2) is 11.6 Å². The Balaban J connectivity index is 2.36. The Morgan fingerprint density at radius 3 is 2.75 bits per heavy atom. The van der Waals surface area contributed by atoms with Crippen LogP contribution in [0.3, 0.4) is 0 Å². The number of Topliss-reactive ketones (excluding diaryl/α,β-unsaturated/α-hetero) is 1. The van der Waals surface area contributed by atoms with Gasteiger partial charge in [0, 0.05) is 6.42 Å². The maximum absolute atomic E-state index is 11.3. The monoisotopic (exact) mass is 166 g/mol. The van der Waals surface area contributed by atoms with Crippen molar-refractivity contribution in [2.45, 2.75) is 51.9 Å². The molecule has 1 fully saturated rings. The molecular formula is C11H18O. The molecule has 0 aliphatic heterocycles. The molecule has 0 heterocycles. The van der Waals surface area contributed by atoms with E-state index in [1.165, 1.54) is 19.3 Å². The second-order valence-corrected chi connectivity index (χ2v) is 3.50. The molecular weight excluding hydrogens is 148 g/mol. The second-order valence-electron chi connectivity index (χ2n) is 3.50. The highest BCUT2D eigenvalue weighted by Gasteiger charge is 2.13. The highest BCUT2D eigenvalue weighted by molar-refractivity contribution is 5.95. The molecule has 1 aliphatic carbocycles. The van der Waals surface area contributed by atoms with Crippen LogP contribution in [0.25, 0.3) is 0 Å². The van der Waals surface area contributed by atoms with Gasteiger partial charge in [-0.1, -0.05) is 25.8 Å². The van der Waals surface area contributed by atoms with Crippen molar-refractivity contribution in [3.63, 3.8) is 0 Å². The van der Waals surface area contributed by atoms with E-state index in [1.54, 1.807) is 0 Å². The molecule has 0 unspecified atom stereocenters. The minimum absolute atomic E-state index is 0.400. The first-order valence-corrected chi connectivity index (χ1v) is 5.07. The van der Waals surface area contributed by atoms with E-state index in [2.05, 4.69) is 13.0 Å². The lowest BCUT2D eigenvalue weighted by molar-refractivity contribution is -0.116. The molecule has 1 aliphatic rings. The van der Waals surface area contributed by atoms with Crippen molar-refractivity contribution in [1.82, 2.24) is 0 Å². The van der Waals surface area contributed by atoms with Crippen LogP contribution < -0.4 is 0 Å². The van der Waals surface area contributed by atoms with Crippen molar-refractivity contribution in [2.24, 2.45) is 0 Å². The summed E-state index contributed by atoms with van der Waals surface area (Å²) in [5.41, 5.74) is 1.11. The molecule has 0 aromatic heterocycles. The van der Waals surface area contributed by atoms with Crippen molar-refractivity contribution < 1.29 is 4.79 Å². The summed E-state index contributed by atoms with van der Waals surface area (Å²) in [7, 11) is 0. The third kappa shape index (κ3) is 2.80. The number of rotatable bonds is 3. The van der Waals surface area contributed by atoms with Gasteiger partial charge in [0.2, 0.25) is 0 Å². The Hall–Kier alpha value is -0.590. The molecule has 68 valence electrons. The molecule has 0 radical (unpaired) electrons. The lowest BCUT2D eigenvalue weighted by atomic mass is 9.92. The number of carbonyl (C=O) groups excluding carboxylic acids is 1. The molecule has 0 atom stereocenters. The van der Waals surface area contributed by atoms with E-state index in [-0.39, 0.29) is 0 Å². The van der Waals surface area contributed by atoms with Crippen molar-refractivity contribution in [1.29, 1.82) is 0 Å². The Bertz CT molecular complexity index is 179. The van der Waals surface area contributed by atoms with Gasteiger partial charge in [-0.25, -0.2) is 0 Å². The first-order valence-electron chi connectivity index (χ1n) is 5.07. The van der Waals surface area contributed by atoms with Gasteiger partial charge in [-0.2, -0.15) is 0 Å². The average Bonchev–Trinajstić information content (AvgIpc) is 2.09. The average molecular weight is 166 g/mol. The third-order valence-corrected chi connectivity index (χ3v) is 2.41. The predicted molar refractivity (Wildman–Crippen MR) is 51.1 cm³/mol. The summed E-state index contributed by atoms with van der Waals surface area (Å²) >= 11 is 0. The van der Waals surface area contributed by atoms with Crippen molar-refractivity contribution in [3.05, 3.63) is 11.6 Å². The molecule has 0 N–H and O–H groups in total. The minimum Gasteiger partial charge on any atom is -0.295 e. The minimum atomic E-state index is 0.400. The van der Waals surface area contributed by atoms with Gasteiger partial charge in [0.05, 0.1) is 0 Å². The number of carbonyl (C=O) groups is 1. The standard InChI is InChI=1S/C11H18O/c1-2-3-4-7-10-8-5-6-9-11(10)12/h7H,2-6,8-9H2,1H3/b10-7-. The van der Waals surface area contributed by atoms with Gasteiger partial charge in [-0.05, 0) is 31.3 Å². The zero-order chi connectivity index (χ0) is 8.81. The van der Waals surface area contributed by atoms with E-state index >= 15 is 0 Å². The molecule has 0 spiro atoms. The van der Waals surface area contributed by atoms with E-state index in [1.807, 2.05) is 0 Å². The Morgan fingerprint density at radius 1 is 1.33 bits per heavy atom. The van der Waals surface area contributed by atoms with E-state index in [0.29, 0.717) is 5.78 Å². The summed E-state index contributed by atoms with van der Waals surface area (Å²) in [5.74, 6) is 0.400.